The molecule has 0 fully saturated rings. The third-order valence-electron chi connectivity index (χ3n) is 2.79. The van der Waals surface area contributed by atoms with Crippen molar-refractivity contribution in [3.8, 4) is 0 Å². The summed E-state index contributed by atoms with van der Waals surface area (Å²) >= 11 is 0. The first-order chi connectivity index (χ1) is 6.61. The molecule has 1 aliphatic rings. The van der Waals surface area contributed by atoms with E-state index in [0.717, 1.165) is 0 Å². The Morgan fingerprint density at radius 1 is 1.64 bits per heavy atom. The monoisotopic (exact) mass is 192 g/mol. The van der Waals surface area contributed by atoms with E-state index < -0.39 is 5.72 Å². The lowest BCUT2D eigenvalue weighted by atomic mass is 10.0. The summed E-state index contributed by atoms with van der Waals surface area (Å²) in [6.07, 6.45) is 2.03. The van der Waals surface area contributed by atoms with Crippen molar-refractivity contribution < 1.29 is 9.90 Å². The Hall–Kier alpha value is -1.42. The summed E-state index contributed by atoms with van der Waals surface area (Å²) in [6.45, 7) is 1.84. The van der Waals surface area contributed by atoms with E-state index in [1.54, 1.807) is 25.4 Å². The van der Waals surface area contributed by atoms with Crippen LogP contribution in [0.5, 0.6) is 0 Å². The molecule has 1 aromatic heterocycles. The molecule has 14 heavy (non-hydrogen) atoms. The number of carbonyl (C=O) groups is 1. The van der Waals surface area contributed by atoms with Crippen molar-refractivity contribution in [2.45, 2.75) is 19.1 Å². The van der Waals surface area contributed by atoms with Gasteiger partial charge in [-0.3, -0.25) is 9.78 Å². The molecule has 1 amide bonds. The largest absolute Gasteiger partial charge is 0.367 e. The highest BCUT2D eigenvalue weighted by Gasteiger charge is 2.45. The maximum Gasteiger partial charge on any atom is 0.275 e. The molecular formula is C10H12N2O2. The molecule has 1 unspecified atom stereocenters. The number of carbonyl (C=O) groups excluding carboxylic acids is 1. The minimum Gasteiger partial charge on any atom is -0.367 e. The fourth-order valence-electron chi connectivity index (χ4n) is 1.83. The normalized spacial score (nSPS) is 25.4. The predicted molar refractivity (Wildman–Crippen MR) is 50.5 cm³/mol. The molecule has 0 spiro atoms. The van der Waals surface area contributed by atoms with Crippen LogP contribution in [0.2, 0.25) is 0 Å². The van der Waals surface area contributed by atoms with Crippen LogP contribution in [0.25, 0.3) is 0 Å². The fourth-order valence-corrected chi connectivity index (χ4v) is 1.83. The first kappa shape index (κ1) is 9.15. The summed E-state index contributed by atoms with van der Waals surface area (Å²) in [7, 11) is 1.59. The maximum absolute atomic E-state index is 11.7. The van der Waals surface area contributed by atoms with Gasteiger partial charge in [-0.2, -0.15) is 0 Å². The first-order valence-corrected chi connectivity index (χ1v) is 4.57. The van der Waals surface area contributed by atoms with Gasteiger partial charge in [0.2, 0.25) is 0 Å². The number of fused-ring (bicyclic) bond motifs is 1. The number of pyridine rings is 1. The van der Waals surface area contributed by atoms with Crippen LogP contribution in [0.1, 0.15) is 29.4 Å². The molecule has 1 atom stereocenters. The Balaban J connectivity index is 2.65. The molecule has 0 saturated carbocycles. The summed E-state index contributed by atoms with van der Waals surface area (Å²) in [5.41, 5.74) is -0.213. The molecular weight excluding hydrogens is 180 g/mol. The molecule has 4 nitrogen and oxygen atoms in total. The van der Waals surface area contributed by atoms with E-state index in [-0.39, 0.29) is 5.91 Å². The van der Waals surface area contributed by atoms with Gasteiger partial charge in [-0.15, -0.1) is 0 Å². The summed E-state index contributed by atoms with van der Waals surface area (Å²) in [4.78, 5) is 17.0. The van der Waals surface area contributed by atoms with E-state index in [2.05, 4.69) is 4.98 Å². The summed E-state index contributed by atoms with van der Waals surface area (Å²) in [5.74, 6) is -0.218. The molecule has 1 N–H and O–H groups in total. The van der Waals surface area contributed by atoms with Gasteiger partial charge in [0.25, 0.3) is 5.91 Å². The highest BCUT2D eigenvalue weighted by atomic mass is 16.3. The number of aliphatic hydroxyl groups is 1. The number of hydrogen-bond acceptors (Lipinski definition) is 3. The Labute approximate surface area is 82.2 Å². The smallest absolute Gasteiger partial charge is 0.275 e. The number of aromatic nitrogens is 1. The van der Waals surface area contributed by atoms with Gasteiger partial charge in [-0.05, 0) is 12.5 Å². The summed E-state index contributed by atoms with van der Waals surface area (Å²) in [5, 5.41) is 10.3. The average Bonchev–Trinajstić information content (AvgIpc) is 2.43. The van der Waals surface area contributed by atoms with Gasteiger partial charge in [0.1, 0.15) is 5.69 Å². The minimum absolute atomic E-state index is 0.218. The molecule has 2 heterocycles. The van der Waals surface area contributed by atoms with E-state index in [9.17, 15) is 9.90 Å². The van der Waals surface area contributed by atoms with Crippen LogP contribution in [-0.4, -0.2) is 27.9 Å². The first-order valence-electron chi connectivity index (χ1n) is 4.57. The zero-order chi connectivity index (χ0) is 10.3. The van der Waals surface area contributed by atoms with Crippen LogP contribution >= 0.6 is 0 Å². The van der Waals surface area contributed by atoms with Gasteiger partial charge in [0, 0.05) is 18.8 Å². The van der Waals surface area contributed by atoms with Crippen LogP contribution in [0.4, 0.5) is 0 Å². The highest BCUT2D eigenvalue weighted by Crippen LogP contribution is 2.36. The van der Waals surface area contributed by atoms with Crippen molar-refractivity contribution in [3.05, 3.63) is 29.6 Å². The van der Waals surface area contributed by atoms with Crippen molar-refractivity contribution >= 4 is 5.91 Å². The lowest BCUT2D eigenvalue weighted by Crippen LogP contribution is -2.40. The molecule has 0 radical (unpaired) electrons. The van der Waals surface area contributed by atoms with Crippen molar-refractivity contribution in [1.82, 2.24) is 9.88 Å². The molecule has 1 aliphatic heterocycles. The van der Waals surface area contributed by atoms with Crippen LogP contribution in [0, 0.1) is 0 Å². The van der Waals surface area contributed by atoms with Gasteiger partial charge >= 0.3 is 0 Å². The average molecular weight is 192 g/mol. The Bertz CT molecular complexity index is 391. The Morgan fingerprint density at radius 3 is 3.00 bits per heavy atom. The molecule has 0 bridgehead atoms. The molecule has 74 valence electrons. The zero-order valence-electron chi connectivity index (χ0n) is 8.19. The number of amides is 1. The standard InChI is InChI=1S/C10H12N2O2/c1-3-10(14)7-5-4-6-11-8(7)9(13)12(10)2/h4-6,14H,3H2,1-2H3. The van der Waals surface area contributed by atoms with E-state index in [4.69, 9.17) is 0 Å². The second-order valence-corrected chi connectivity index (χ2v) is 3.43. The molecule has 0 aliphatic carbocycles. The molecule has 4 heteroatoms. The van der Waals surface area contributed by atoms with E-state index >= 15 is 0 Å². The van der Waals surface area contributed by atoms with Gasteiger partial charge in [0.15, 0.2) is 5.72 Å². The second kappa shape index (κ2) is 2.78. The molecule has 1 aromatic rings. The lowest BCUT2D eigenvalue weighted by molar-refractivity contribution is -0.0748. The topological polar surface area (TPSA) is 53.4 Å². The van der Waals surface area contributed by atoms with Gasteiger partial charge in [-0.25, -0.2) is 0 Å². The predicted octanol–water partition coefficient (Wildman–Crippen LogP) is 0.722. The SMILES string of the molecule is CCC1(O)c2cccnc2C(=O)N1C. The van der Waals surface area contributed by atoms with Crippen molar-refractivity contribution in [2.24, 2.45) is 0 Å². The van der Waals surface area contributed by atoms with E-state index in [1.165, 1.54) is 4.90 Å². The van der Waals surface area contributed by atoms with Crippen molar-refractivity contribution in [1.29, 1.82) is 0 Å². The third kappa shape index (κ3) is 0.915. The van der Waals surface area contributed by atoms with Gasteiger partial charge < -0.3 is 10.0 Å². The van der Waals surface area contributed by atoms with Crippen LogP contribution < -0.4 is 0 Å². The fraction of sp³-hybridized carbons (Fsp3) is 0.400. The third-order valence-corrected chi connectivity index (χ3v) is 2.79. The van der Waals surface area contributed by atoms with Crippen molar-refractivity contribution in [3.63, 3.8) is 0 Å². The maximum atomic E-state index is 11.7. The Kier molecular flexibility index (Phi) is 1.82. The van der Waals surface area contributed by atoms with Crippen LogP contribution in [-0.2, 0) is 5.72 Å². The number of nitrogens with zero attached hydrogens (tertiary/aromatic N) is 2. The zero-order valence-corrected chi connectivity index (χ0v) is 8.19. The summed E-state index contributed by atoms with van der Waals surface area (Å²) < 4.78 is 0. The van der Waals surface area contributed by atoms with Crippen molar-refractivity contribution in [2.75, 3.05) is 7.05 Å². The van der Waals surface area contributed by atoms with Crippen LogP contribution in [0.15, 0.2) is 18.3 Å². The second-order valence-electron chi connectivity index (χ2n) is 3.43. The lowest BCUT2D eigenvalue weighted by Gasteiger charge is -2.29. The number of rotatable bonds is 1. The summed E-state index contributed by atoms with van der Waals surface area (Å²) in [6, 6.07) is 3.47. The van der Waals surface area contributed by atoms with Gasteiger partial charge in [-0.1, -0.05) is 13.0 Å². The van der Waals surface area contributed by atoms with Crippen LogP contribution in [0.3, 0.4) is 0 Å². The quantitative estimate of drug-likeness (QED) is 0.713. The Morgan fingerprint density at radius 2 is 2.36 bits per heavy atom. The van der Waals surface area contributed by atoms with E-state index in [0.29, 0.717) is 17.7 Å². The number of hydrogen-bond donors (Lipinski definition) is 1. The minimum atomic E-state index is -1.18. The molecule has 0 saturated heterocycles. The van der Waals surface area contributed by atoms with E-state index in [1.807, 2.05) is 6.92 Å². The highest BCUT2D eigenvalue weighted by molar-refractivity contribution is 5.97. The molecule has 0 aromatic carbocycles. The van der Waals surface area contributed by atoms with Gasteiger partial charge in [0.05, 0.1) is 0 Å². The molecule has 2 rings (SSSR count).